The maximum atomic E-state index is 13.2. The molecule has 0 aliphatic carbocycles. The molecule has 0 bridgehead atoms. The Labute approximate surface area is 117 Å². The average Bonchev–Trinajstić information content (AvgIpc) is 2.35. The molecule has 0 fully saturated rings. The van der Waals surface area contributed by atoms with Gasteiger partial charge in [-0.2, -0.15) is 0 Å². The summed E-state index contributed by atoms with van der Waals surface area (Å²) in [7, 11) is 1.74. The Balaban J connectivity index is 2.78. The fourth-order valence-electron chi connectivity index (χ4n) is 2.13. The zero-order chi connectivity index (χ0) is 13.5. The summed E-state index contributed by atoms with van der Waals surface area (Å²) in [5.74, 6) is -0.225. The number of hydrogen-bond donors (Lipinski definition) is 1. The van der Waals surface area contributed by atoms with Gasteiger partial charge in [0.1, 0.15) is 5.82 Å². The quantitative estimate of drug-likeness (QED) is 0.830. The summed E-state index contributed by atoms with van der Waals surface area (Å²) in [5.41, 5.74) is 1.10. The first-order chi connectivity index (χ1) is 8.62. The maximum absolute atomic E-state index is 13.2. The third-order valence-electron chi connectivity index (χ3n) is 3.06. The molecule has 0 amide bonds. The van der Waals surface area contributed by atoms with Crippen molar-refractivity contribution in [1.29, 1.82) is 0 Å². The van der Waals surface area contributed by atoms with Crippen molar-refractivity contribution in [3.63, 3.8) is 0 Å². The number of likely N-dealkylation sites (N-methyl/N-ethyl adjacent to an activating group) is 1. The van der Waals surface area contributed by atoms with Crippen molar-refractivity contribution in [3.8, 4) is 0 Å². The molecule has 0 heterocycles. The molecule has 102 valence electrons. The minimum Gasteiger partial charge on any atom is -0.380 e. The molecule has 1 rings (SSSR count). The van der Waals surface area contributed by atoms with Gasteiger partial charge in [0.25, 0.3) is 0 Å². The van der Waals surface area contributed by atoms with Crippen LogP contribution in [0.1, 0.15) is 25.8 Å². The first kappa shape index (κ1) is 15.6. The SMILES string of the molecule is CCNC(Cc1ccc(F)c(Br)c1)C(CC)OC. The van der Waals surface area contributed by atoms with Crippen LogP contribution in [0.3, 0.4) is 0 Å². The molecule has 0 saturated heterocycles. The molecule has 0 radical (unpaired) electrons. The molecular weight excluding hydrogens is 297 g/mol. The van der Waals surface area contributed by atoms with Crippen LogP contribution in [0.2, 0.25) is 0 Å². The van der Waals surface area contributed by atoms with Crippen molar-refractivity contribution in [2.75, 3.05) is 13.7 Å². The molecule has 2 atom stereocenters. The van der Waals surface area contributed by atoms with Crippen molar-refractivity contribution < 1.29 is 9.13 Å². The van der Waals surface area contributed by atoms with E-state index < -0.39 is 0 Å². The number of halogens is 2. The van der Waals surface area contributed by atoms with Crippen molar-refractivity contribution in [2.24, 2.45) is 0 Å². The van der Waals surface area contributed by atoms with E-state index in [0.717, 1.165) is 24.9 Å². The predicted octanol–water partition coefficient (Wildman–Crippen LogP) is 3.53. The van der Waals surface area contributed by atoms with Gasteiger partial charge in [-0.3, -0.25) is 0 Å². The maximum Gasteiger partial charge on any atom is 0.137 e. The van der Waals surface area contributed by atoms with Gasteiger partial charge in [-0.1, -0.05) is 19.9 Å². The Morgan fingerprint density at radius 3 is 2.61 bits per heavy atom. The molecule has 0 aliphatic rings. The Bertz CT molecular complexity index is 369. The molecule has 0 spiro atoms. The van der Waals surface area contributed by atoms with Crippen LogP contribution in [-0.4, -0.2) is 25.8 Å². The monoisotopic (exact) mass is 317 g/mol. The Hall–Kier alpha value is -0.450. The lowest BCUT2D eigenvalue weighted by Gasteiger charge is -2.26. The van der Waals surface area contributed by atoms with E-state index in [1.54, 1.807) is 7.11 Å². The summed E-state index contributed by atoms with van der Waals surface area (Å²) >= 11 is 3.22. The molecule has 0 aromatic heterocycles. The molecule has 1 N–H and O–H groups in total. The fraction of sp³-hybridized carbons (Fsp3) is 0.571. The standard InChI is InChI=1S/C14H21BrFNO/c1-4-14(18-3)13(17-5-2)9-10-6-7-12(16)11(15)8-10/h6-8,13-14,17H,4-5,9H2,1-3H3. The molecule has 2 nitrogen and oxygen atoms in total. The van der Waals surface area contributed by atoms with Gasteiger partial charge in [0.05, 0.1) is 10.6 Å². The predicted molar refractivity (Wildman–Crippen MR) is 76.4 cm³/mol. The highest BCUT2D eigenvalue weighted by molar-refractivity contribution is 9.10. The van der Waals surface area contributed by atoms with Crippen molar-refractivity contribution in [2.45, 2.75) is 38.8 Å². The third-order valence-corrected chi connectivity index (χ3v) is 3.67. The number of benzene rings is 1. The van der Waals surface area contributed by atoms with E-state index in [0.29, 0.717) is 4.47 Å². The Morgan fingerprint density at radius 1 is 1.39 bits per heavy atom. The first-order valence-electron chi connectivity index (χ1n) is 6.32. The van der Waals surface area contributed by atoms with E-state index in [4.69, 9.17) is 4.74 Å². The Morgan fingerprint density at radius 2 is 2.11 bits per heavy atom. The second-order valence-corrected chi connectivity index (χ2v) is 5.15. The van der Waals surface area contributed by atoms with E-state index in [1.807, 2.05) is 12.1 Å². The fourth-order valence-corrected chi connectivity index (χ4v) is 2.56. The van der Waals surface area contributed by atoms with Crippen LogP contribution in [-0.2, 0) is 11.2 Å². The van der Waals surface area contributed by atoms with E-state index >= 15 is 0 Å². The molecular formula is C14H21BrFNO. The summed E-state index contributed by atoms with van der Waals surface area (Å²) in [4.78, 5) is 0. The van der Waals surface area contributed by atoms with Gasteiger partial charge < -0.3 is 10.1 Å². The number of ether oxygens (including phenoxy) is 1. The van der Waals surface area contributed by atoms with Crippen LogP contribution in [0.25, 0.3) is 0 Å². The van der Waals surface area contributed by atoms with Gasteiger partial charge in [-0.25, -0.2) is 4.39 Å². The highest BCUT2D eigenvalue weighted by Crippen LogP contribution is 2.19. The topological polar surface area (TPSA) is 21.3 Å². The molecule has 18 heavy (non-hydrogen) atoms. The van der Waals surface area contributed by atoms with Gasteiger partial charge in [-0.05, 0) is 53.0 Å². The van der Waals surface area contributed by atoms with Gasteiger partial charge in [0, 0.05) is 13.2 Å². The first-order valence-corrected chi connectivity index (χ1v) is 7.11. The number of rotatable bonds is 7. The molecule has 4 heteroatoms. The normalized spacial score (nSPS) is 14.5. The summed E-state index contributed by atoms with van der Waals surface area (Å²) in [5, 5.41) is 3.43. The smallest absolute Gasteiger partial charge is 0.137 e. The van der Waals surface area contributed by atoms with Crippen LogP contribution in [0.15, 0.2) is 22.7 Å². The lowest BCUT2D eigenvalue weighted by atomic mass is 9.99. The van der Waals surface area contributed by atoms with Crippen molar-refractivity contribution >= 4 is 15.9 Å². The van der Waals surface area contributed by atoms with Crippen LogP contribution < -0.4 is 5.32 Å². The van der Waals surface area contributed by atoms with E-state index in [1.165, 1.54) is 6.07 Å². The van der Waals surface area contributed by atoms with E-state index in [9.17, 15) is 4.39 Å². The van der Waals surface area contributed by atoms with Gasteiger partial charge in [0.2, 0.25) is 0 Å². The Kier molecular flexibility index (Phi) is 6.82. The number of methoxy groups -OCH3 is 1. The second-order valence-electron chi connectivity index (χ2n) is 4.30. The lowest BCUT2D eigenvalue weighted by Crippen LogP contribution is -2.42. The third kappa shape index (κ3) is 4.34. The zero-order valence-corrected chi connectivity index (χ0v) is 12.8. The molecule has 1 aromatic rings. The van der Waals surface area contributed by atoms with Gasteiger partial charge >= 0.3 is 0 Å². The highest BCUT2D eigenvalue weighted by atomic mass is 79.9. The second kappa shape index (κ2) is 7.87. The van der Waals surface area contributed by atoms with E-state index in [2.05, 4.69) is 35.1 Å². The van der Waals surface area contributed by atoms with Crippen molar-refractivity contribution in [3.05, 3.63) is 34.1 Å². The average molecular weight is 318 g/mol. The van der Waals surface area contributed by atoms with E-state index in [-0.39, 0.29) is 18.0 Å². The van der Waals surface area contributed by atoms with Gasteiger partial charge in [-0.15, -0.1) is 0 Å². The van der Waals surface area contributed by atoms with Crippen LogP contribution in [0.4, 0.5) is 4.39 Å². The van der Waals surface area contributed by atoms with Crippen LogP contribution in [0.5, 0.6) is 0 Å². The number of hydrogen-bond acceptors (Lipinski definition) is 2. The largest absolute Gasteiger partial charge is 0.380 e. The van der Waals surface area contributed by atoms with Gasteiger partial charge in [0.15, 0.2) is 0 Å². The highest BCUT2D eigenvalue weighted by Gasteiger charge is 2.19. The molecule has 1 aromatic carbocycles. The summed E-state index contributed by atoms with van der Waals surface area (Å²) in [6.07, 6.45) is 1.96. The molecule has 0 saturated carbocycles. The summed E-state index contributed by atoms with van der Waals surface area (Å²) in [6, 6.07) is 5.41. The van der Waals surface area contributed by atoms with Crippen molar-refractivity contribution in [1.82, 2.24) is 5.32 Å². The van der Waals surface area contributed by atoms with Crippen LogP contribution >= 0.6 is 15.9 Å². The zero-order valence-electron chi connectivity index (χ0n) is 11.2. The number of nitrogens with one attached hydrogen (secondary N) is 1. The summed E-state index contributed by atoms with van der Waals surface area (Å²) < 4.78 is 19.2. The lowest BCUT2D eigenvalue weighted by molar-refractivity contribution is 0.0658. The molecule has 0 aliphatic heterocycles. The summed E-state index contributed by atoms with van der Waals surface area (Å²) in [6.45, 7) is 5.09. The minimum absolute atomic E-state index is 0.175. The minimum atomic E-state index is -0.225. The molecule has 2 unspecified atom stereocenters. The van der Waals surface area contributed by atoms with Crippen LogP contribution in [0, 0.1) is 5.82 Å².